The minimum atomic E-state index is -4.45. The number of alkyl halides is 3. The van der Waals surface area contributed by atoms with Crippen LogP contribution >= 0.6 is 11.8 Å². The van der Waals surface area contributed by atoms with Gasteiger partial charge < -0.3 is 4.98 Å². The maximum absolute atomic E-state index is 12.7. The normalized spacial score (nSPS) is 11.6. The highest BCUT2D eigenvalue weighted by Crippen LogP contribution is 2.35. The molecule has 2 rings (SSSR count). The molecule has 20 heavy (non-hydrogen) atoms. The number of halogens is 3. The lowest BCUT2D eigenvalue weighted by Crippen LogP contribution is -2.08. The molecule has 4 nitrogen and oxygen atoms in total. The highest BCUT2D eigenvalue weighted by atomic mass is 32.2. The van der Waals surface area contributed by atoms with Crippen molar-refractivity contribution in [3.8, 4) is 11.4 Å². The van der Waals surface area contributed by atoms with E-state index in [-0.39, 0.29) is 16.9 Å². The molecule has 0 unspecified atom stereocenters. The standard InChI is InChI=1S/C12H10F3N3OS/c1-2-20-9-3-7(12(13,14)15)5-16-11(9)8-4-10(19)18-6-17-8/h3-6H,2H2,1H3,(H,17,18,19). The van der Waals surface area contributed by atoms with E-state index in [0.717, 1.165) is 12.3 Å². The third-order valence-corrected chi connectivity index (χ3v) is 3.31. The van der Waals surface area contributed by atoms with E-state index >= 15 is 0 Å². The van der Waals surface area contributed by atoms with Crippen LogP contribution in [0.1, 0.15) is 12.5 Å². The van der Waals surface area contributed by atoms with E-state index in [1.165, 1.54) is 24.2 Å². The predicted octanol–water partition coefficient (Wildman–Crippen LogP) is 2.96. The molecular formula is C12H10F3N3OS. The highest BCUT2D eigenvalue weighted by molar-refractivity contribution is 7.99. The maximum Gasteiger partial charge on any atom is 0.417 e. The molecule has 0 saturated carbocycles. The Balaban J connectivity index is 2.56. The monoisotopic (exact) mass is 301 g/mol. The van der Waals surface area contributed by atoms with E-state index in [1.54, 1.807) is 0 Å². The summed E-state index contributed by atoms with van der Waals surface area (Å²) in [6.07, 6.45) is -2.51. The zero-order valence-electron chi connectivity index (χ0n) is 10.4. The number of pyridine rings is 1. The van der Waals surface area contributed by atoms with Gasteiger partial charge in [0.2, 0.25) is 0 Å². The molecule has 0 spiro atoms. The van der Waals surface area contributed by atoms with Crippen LogP contribution in [-0.2, 0) is 6.18 Å². The van der Waals surface area contributed by atoms with Crippen LogP contribution in [0, 0.1) is 0 Å². The molecule has 0 bridgehead atoms. The van der Waals surface area contributed by atoms with Crippen LogP contribution in [0.15, 0.2) is 34.3 Å². The topological polar surface area (TPSA) is 58.6 Å². The van der Waals surface area contributed by atoms with Crippen LogP contribution in [0.2, 0.25) is 0 Å². The number of rotatable bonds is 3. The fourth-order valence-corrected chi connectivity index (χ4v) is 2.37. The molecule has 0 aliphatic rings. The summed E-state index contributed by atoms with van der Waals surface area (Å²) in [7, 11) is 0. The number of hydrogen-bond donors (Lipinski definition) is 1. The van der Waals surface area contributed by atoms with Crippen LogP contribution in [0.3, 0.4) is 0 Å². The molecule has 8 heteroatoms. The Morgan fingerprint density at radius 2 is 2.05 bits per heavy atom. The van der Waals surface area contributed by atoms with Crippen molar-refractivity contribution < 1.29 is 13.2 Å². The lowest BCUT2D eigenvalue weighted by Gasteiger charge is -2.11. The number of hydrogen-bond acceptors (Lipinski definition) is 4. The number of aromatic amines is 1. The Kier molecular flexibility index (Phi) is 4.12. The Labute approximate surface area is 116 Å². The zero-order chi connectivity index (χ0) is 14.8. The summed E-state index contributed by atoms with van der Waals surface area (Å²) in [5.41, 5.74) is -0.680. The van der Waals surface area contributed by atoms with Crippen molar-refractivity contribution >= 4 is 11.8 Å². The second kappa shape index (κ2) is 5.66. The van der Waals surface area contributed by atoms with Gasteiger partial charge in [0.15, 0.2) is 0 Å². The van der Waals surface area contributed by atoms with Gasteiger partial charge in [-0.25, -0.2) is 4.98 Å². The van der Waals surface area contributed by atoms with Gasteiger partial charge in [-0.1, -0.05) is 6.92 Å². The number of nitrogens with zero attached hydrogens (tertiary/aromatic N) is 2. The lowest BCUT2D eigenvalue weighted by atomic mass is 10.2. The highest BCUT2D eigenvalue weighted by Gasteiger charge is 2.32. The largest absolute Gasteiger partial charge is 0.417 e. The molecule has 0 aliphatic carbocycles. The molecule has 0 fully saturated rings. The molecule has 0 saturated heterocycles. The SMILES string of the molecule is CCSc1cc(C(F)(F)F)cnc1-c1cc(=O)[nH]cn1. The van der Waals surface area contributed by atoms with Crippen molar-refractivity contribution in [1.29, 1.82) is 0 Å². The molecule has 0 aliphatic heterocycles. The molecule has 106 valence electrons. The van der Waals surface area contributed by atoms with E-state index in [0.29, 0.717) is 10.6 Å². The van der Waals surface area contributed by atoms with Crippen molar-refractivity contribution in [2.75, 3.05) is 5.75 Å². The van der Waals surface area contributed by atoms with E-state index in [1.807, 2.05) is 6.92 Å². The van der Waals surface area contributed by atoms with Crippen molar-refractivity contribution in [2.45, 2.75) is 18.0 Å². The third kappa shape index (κ3) is 3.19. The van der Waals surface area contributed by atoms with Gasteiger partial charge in [-0.2, -0.15) is 13.2 Å². The average molecular weight is 301 g/mol. The minimum Gasteiger partial charge on any atom is -0.313 e. The molecule has 1 N–H and O–H groups in total. The number of thioether (sulfide) groups is 1. The first kappa shape index (κ1) is 14.6. The zero-order valence-corrected chi connectivity index (χ0v) is 11.2. The Bertz CT molecular complexity index is 669. The molecular weight excluding hydrogens is 291 g/mol. The number of nitrogens with one attached hydrogen (secondary N) is 1. The van der Waals surface area contributed by atoms with Crippen LogP contribution in [0.25, 0.3) is 11.4 Å². The lowest BCUT2D eigenvalue weighted by molar-refractivity contribution is -0.138. The van der Waals surface area contributed by atoms with Crippen molar-refractivity contribution in [1.82, 2.24) is 15.0 Å². The van der Waals surface area contributed by atoms with Gasteiger partial charge in [0.1, 0.15) is 5.69 Å². The molecule has 2 aromatic rings. The summed E-state index contributed by atoms with van der Waals surface area (Å²) in [5, 5.41) is 0. The van der Waals surface area contributed by atoms with Crippen LogP contribution in [0.4, 0.5) is 13.2 Å². The van der Waals surface area contributed by atoms with Gasteiger partial charge in [-0.15, -0.1) is 11.8 Å². The summed E-state index contributed by atoms with van der Waals surface area (Å²) in [6.45, 7) is 1.82. The Morgan fingerprint density at radius 3 is 2.65 bits per heavy atom. The molecule has 0 amide bonds. The van der Waals surface area contributed by atoms with Gasteiger partial charge >= 0.3 is 6.18 Å². The third-order valence-electron chi connectivity index (χ3n) is 2.40. The fourth-order valence-electron chi connectivity index (χ4n) is 1.56. The quantitative estimate of drug-likeness (QED) is 0.886. The van der Waals surface area contributed by atoms with E-state index < -0.39 is 11.7 Å². The van der Waals surface area contributed by atoms with Gasteiger partial charge in [-0.05, 0) is 11.8 Å². The summed E-state index contributed by atoms with van der Waals surface area (Å²) >= 11 is 1.22. The van der Waals surface area contributed by atoms with Crippen molar-refractivity contribution in [3.63, 3.8) is 0 Å². The van der Waals surface area contributed by atoms with Crippen LogP contribution in [0.5, 0.6) is 0 Å². The van der Waals surface area contributed by atoms with E-state index in [4.69, 9.17) is 0 Å². The number of aromatic nitrogens is 3. The first-order chi connectivity index (χ1) is 9.41. The molecule has 2 aromatic heterocycles. The Hall–Kier alpha value is -1.83. The Morgan fingerprint density at radius 1 is 1.30 bits per heavy atom. The van der Waals surface area contributed by atoms with Gasteiger partial charge in [0, 0.05) is 17.2 Å². The fraction of sp³-hybridized carbons (Fsp3) is 0.250. The summed E-state index contributed by atoms with van der Waals surface area (Å²) in [4.78, 5) is 21.7. The molecule has 2 heterocycles. The van der Waals surface area contributed by atoms with E-state index in [9.17, 15) is 18.0 Å². The second-order valence-corrected chi connectivity index (χ2v) is 5.10. The second-order valence-electron chi connectivity index (χ2n) is 3.80. The first-order valence-corrected chi connectivity index (χ1v) is 6.65. The van der Waals surface area contributed by atoms with Gasteiger partial charge in [0.05, 0.1) is 17.6 Å². The van der Waals surface area contributed by atoms with Crippen LogP contribution < -0.4 is 5.56 Å². The molecule has 0 aromatic carbocycles. The molecule has 0 radical (unpaired) electrons. The average Bonchev–Trinajstić information content (AvgIpc) is 2.38. The smallest absolute Gasteiger partial charge is 0.313 e. The summed E-state index contributed by atoms with van der Waals surface area (Å²) in [5.74, 6) is 0.583. The molecule has 0 atom stereocenters. The number of H-pyrrole nitrogens is 1. The van der Waals surface area contributed by atoms with Crippen molar-refractivity contribution in [3.05, 3.63) is 40.6 Å². The van der Waals surface area contributed by atoms with Gasteiger partial charge in [-0.3, -0.25) is 9.78 Å². The maximum atomic E-state index is 12.7. The van der Waals surface area contributed by atoms with E-state index in [2.05, 4.69) is 15.0 Å². The van der Waals surface area contributed by atoms with Crippen LogP contribution in [-0.4, -0.2) is 20.7 Å². The first-order valence-electron chi connectivity index (χ1n) is 5.67. The van der Waals surface area contributed by atoms with Gasteiger partial charge in [0.25, 0.3) is 5.56 Å². The van der Waals surface area contributed by atoms with Crippen molar-refractivity contribution in [2.24, 2.45) is 0 Å². The summed E-state index contributed by atoms with van der Waals surface area (Å²) in [6, 6.07) is 2.23. The summed E-state index contributed by atoms with van der Waals surface area (Å²) < 4.78 is 38.1. The minimum absolute atomic E-state index is 0.249. The predicted molar refractivity (Wildman–Crippen MR) is 69.5 cm³/mol.